The molecule has 0 fully saturated rings. The topological polar surface area (TPSA) is 140 Å². The molecule has 11 nitrogen and oxygen atoms in total. The molecule has 3 amide bonds. The van der Waals surface area contributed by atoms with Gasteiger partial charge in [-0.25, -0.2) is 9.78 Å². The van der Waals surface area contributed by atoms with Gasteiger partial charge in [0.05, 0.1) is 44.3 Å². The van der Waals surface area contributed by atoms with Crippen LogP contribution in [0, 0.1) is 6.92 Å². The van der Waals surface area contributed by atoms with Gasteiger partial charge in [0.25, 0.3) is 0 Å². The highest BCUT2D eigenvalue weighted by Crippen LogP contribution is 2.34. The van der Waals surface area contributed by atoms with E-state index in [-0.39, 0.29) is 24.9 Å². The maximum absolute atomic E-state index is 13.6. The van der Waals surface area contributed by atoms with Crippen molar-refractivity contribution in [3.8, 4) is 5.75 Å². The molecule has 0 radical (unpaired) electrons. The van der Waals surface area contributed by atoms with Crippen LogP contribution in [-0.2, 0) is 11.3 Å². The number of nitrogens with zero attached hydrogens (tertiary/aromatic N) is 4. The fourth-order valence-electron chi connectivity index (χ4n) is 3.92. The second-order valence-corrected chi connectivity index (χ2v) is 8.43. The van der Waals surface area contributed by atoms with Gasteiger partial charge in [-0.1, -0.05) is 18.7 Å². The smallest absolute Gasteiger partial charge is 0.330 e. The normalized spacial score (nSPS) is 13.6. The minimum atomic E-state index is -1.18. The third-order valence-corrected chi connectivity index (χ3v) is 5.69. The van der Waals surface area contributed by atoms with Gasteiger partial charge < -0.3 is 25.6 Å². The van der Waals surface area contributed by atoms with Crippen molar-refractivity contribution >= 4 is 40.8 Å². The van der Waals surface area contributed by atoms with Crippen LogP contribution in [0.3, 0.4) is 0 Å². The summed E-state index contributed by atoms with van der Waals surface area (Å²) in [5.74, 6) is 0.719. The Morgan fingerprint density at radius 3 is 2.73 bits per heavy atom. The minimum Gasteiger partial charge on any atom is -0.497 e. The number of hydrogen-bond donors (Lipinski definition) is 4. The van der Waals surface area contributed by atoms with E-state index in [1.165, 1.54) is 4.90 Å². The van der Waals surface area contributed by atoms with E-state index in [0.29, 0.717) is 34.2 Å². The number of nitrogens with one attached hydrogen (secondary N) is 2. The van der Waals surface area contributed by atoms with Crippen molar-refractivity contribution in [2.24, 2.45) is 0 Å². The summed E-state index contributed by atoms with van der Waals surface area (Å²) < 4.78 is 5.36. The molecule has 3 aromatic rings. The van der Waals surface area contributed by atoms with Gasteiger partial charge in [-0.2, -0.15) is 4.98 Å². The van der Waals surface area contributed by atoms with Gasteiger partial charge >= 0.3 is 6.03 Å². The number of aromatic nitrogens is 2. The van der Waals surface area contributed by atoms with E-state index in [1.54, 1.807) is 48.5 Å². The summed E-state index contributed by atoms with van der Waals surface area (Å²) in [7, 11) is 1.55. The molecule has 2 aromatic carbocycles. The number of aliphatic hydroxyl groups is 2. The van der Waals surface area contributed by atoms with E-state index in [0.717, 1.165) is 11.6 Å². The van der Waals surface area contributed by atoms with Gasteiger partial charge in [0.15, 0.2) is 0 Å². The first kappa shape index (κ1) is 25.6. The lowest BCUT2D eigenvalue weighted by Crippen LogP contribution is -2.51. The van der Waals surface area contributed by atoms with Crippen molar-refractivity contribution in [3.63, 3.8) is 0 Å². The molecule has 0 saturated carbocycles. The number of para-hydroxylation sites is 2. The Hall–Kier alpha value is -4.48. The Morgan fingerprint density at radius 1 is 1.27 bits per heavy atom. The Kier molecular flexibility index (Phi) is 7.66. The first-order valence-electron chi connectivity index (χ1n) is 11.5. The van der Waals surface area contributed by atoms with Gasteiger partial charge in [0, 0.05) is 23.5 Å². The van der Waals surface area contributed by atoms with Crippen molar-refractivity contribution in [1.29, 1.82) is 0 Å². The largest absolute Gasteiger partial charge is 0.497 e. The number of aliphatic hydroxyl groups excluding tert-OH is 2. The average Bonchev–Trinajstić information content (AvgIpc) is 2.90. The molecule has 1 atom stereocenters. The number of carbonyl (C=O) groups excluding carboxylic acids is 2. The second-order valence-electron chi connectivity index (χ2n) is 8.43. The summed E-state index contributed by atoms with van der Waals surface area (Å²) in [4.78, 5) is 37.2. The van der Waals surface area contributed by atoms with Gasteiger partial charge in [-0.05, 0) is 42.8 Å². The van der Waals surface area contributed by atoms with Crippen molar-refractivity contribution in [2.75, 3.05) is 40.7 Å². The molecular weight excluding hydrogens is 476 g/mol. The lowest BCUT2D eigenvalue weighted by molar-refractivity contribution is -0.111. The zero-order chi connectivity index (χ0) is 26.5. The highest BCUT2D eigenvalue weighted by Gasteiger charge is 2.34. The number of carbonyl (C=O) groups is 2. The molecule has 192 valence electrons. The fraction of sp³-hybridized carbons (Fsp3) is 0.231. The van der Waals surface area contributed by atoms with E-state index < -0.39 is 18.7 Å². The summed E-state index contributed by atoms with van der Waals surface area (Å²) in [5, 5.41) is 25.4. The maximum atomic E-state index is 13.6. The number of amides is 3. The number of ether oxygens (including phenoxy) is 1. The number of urea groups is 1. The van der Waals surface area contributed by atoms with Gasteiger partial charge in [0.2, 0.25) is 11.9 Å². The van der Waals surface area contributed by atoms with Crippen LogP contribution in [0.25, 0.3) is 0 Å². The van der Waals surface area contributed by atoms with Crippen LogP contribution in [0.4, 0.5) is 33.6 Å². The van der Waals surface area contributed by atoms with E-state index >= 15 is 0 Å². The number of β-amino-alcohol motifs (C(OH)–C–C–N with tert-alkyl or cyclic N) is 1. The second kappa shape index (κ2) is 11.1. The maximum Gasteiger partial charge on any atom is 0.330 e. The Labute approximate surface area is 214 Å². The highest BCUT2D eigenvalue weighted by atomic mass is 16.5. The molecule has 1 unspecified atom stereocenters. The Balaban J connectivity index is 1.70. The van der Waals surface area contributed by atoms with Crippen molar-refractivity contribution in [3.05, 3.63) is 72.4 Å². The molecule has 37 heavy (non-hydrogen) atoms. The number of aryl methyl sites for hydroxylation is 1. The number of anilines is 5. The van der Waals surface area contributed by atoms with Crippen molar-refractivity contribution in [2.45, 2.75) is 19.6 Å². The third-order valence-electron chi connectivity index (χ3n) is 5.69. The molecule has 0 saturated heterocycles. The number of methoxy groups -OCH3 is 1. The summed E-state index contributed by atoms with van der Waals surface area (Å²) in [6.07, 6.45) is 1.59. The Bertz CT molecular complexity index is 1330. The molecule has 0 spiro atoms. The summed E-state index contributed by atoms with van der Waals surface area (Å²) in [5.41, 5.74) is 3.20. The molecule has 2 heterocycles. The number of benzene rings is 2. The molecule has 1 aromatic heterocycles. The zero-order valence-corrected chi connectivity index (χ0v) is 20.5. The molecule has 1 aliphatic rings. The van der Waals surface area contributed by atoms with Crippen molar-refractivity contribution in [1.82, 2.24) is 9.97 Å². The highest BCUT2D eigenvalue weighted by molar-refractivity contribution is 6.06. The number of rotatable bonds is 9. The van der Waals surface area contributed by atoms with E-state index in [9.17, 15) is 19.8 Å². The molecule has 1 aliphatic heterocycles. The first-order chi connectivity index (χ1) is 17.8. The molecule has 0 bridgehead atoms. The molecule has 4 N–H and O–H groups in total. The molecular formula is C26H28N6O5. The quantitative estimate of drug-likeness (QED) is 0.326. The van der Waals surface area contributed by atoms with Crippen LogP contribution in [-0.4, -0.2) is 58.5 Å². The van der Waals surface area contributed by atoms with Gasteiger partial charge in [-0.3, -0.25) is 14.6 Å². The average molecular weight is 505 g/mol. The lowest BCUT2D eigenvalue weighted by atomic mass is 10.1. The number of hydrogen-bond acceptors (Lipinski definition) is 8. The minimum absolute atomic E-state index is 0.176. The Morgan fingerprint density at radius 2 is 2.03 bits per heavy atom. The lowest BCUT2D eigenvalue weighted by Gasteiger charge is -2.37. The van der Waals surface area contributed by atoms with Crippen LogP contribution in [0.5, 0.6) is 5.75 Å². The monoisotopic (exact) mass is 504 g/mol. The predicted octanol–water partition coefficient (Wildman–Crippen LogP) is 2.96. The molecule has 11 heteroatoms. The van der Waals surface area contributed by atoms with Crippen LogP contribution >= 0.6 is 0 Å². The van der Waals surface area contributed by atoms with Crippen LogP contribution in [0.2, 0.25) is 0 Å². The van der Waals surface area contributed by atoms with Crippen LogP contribution in [0.15, 0.2) is 61.3 Å². The molecule has 0 aliphatic carbocycles. The summed E-state index contributed by atoms with van der Waals surface area (Å²) in [6.45, 7) is 4.86. The first-order valence-corrected chi connectivity index (χ1v) is 11.5. The van der Waals surface area contributed by atoms with Crippen LogP contribution < -0.4 is 25.2 Å². The number of fused-ring (bicyclic) bond motifs is 1. The zero-order valence-electron chi connectivity index (χ0n) is 20.5. The third kappa shape index (κ3) is 5.68. The van der Waals surface area contributed by atoms with Crippen molar-refractivity contribution < 1.29 is 24.5 Å². The van der Waals surface area contributed by atoms with E-state index in [1.807, 2.05) is 19.1 Å². The summed E-state index contributed by atoms with van der Waals surface area (Å²) >= 11 is 0. The standard InChI is InChI=1S/C26H28N6O5/c1-4-23(35)28-21-7-5-6-8-22(21)29-25-27-12-17-13-31(18-9-16(2)10-20(11-18)37-3)26(36)32(24(17)30-25)14-19(34)15-33/h4-12,19,33-34H,1,13-15H2,2-3H3,(H,28,35)(H,27,29,30). The predicted molar refractivity (Wildman–Crippen MR) is 140 cm³/mol. The van der Waals surface area contributed by atoms with E-state index in [4.69, 9.17) is 4.74 Å². The summed E-state index contributed by atoms with van der Waals surface area (Å²) in [6, 6.07) is 12.1. The van der Waals surface area contributed by atoms with Crippen LogP contribution in [0.1, 0.15) is 11.1 Å². The SMILES string of the molecule is C=CC(=O)Nc1ccccc1Nc1ncc2c(n1)N(CC(O)CO)C(=O)N(c1cc(C)cc(OC)c1)C2. The fourth-order valence-corrected chi connectivity index (χ4v) is 3.92. The van der Waals surface area contributed by atoms with Gasteiger partial charge in [0.1, 0.15) is 11.6 Å². The van der Waals surface area contributed by atoms with E-state index in [2.05, 4.69) is 27.2 Å². The molecule has 4 rings (SSSR count). The van der Waals surface area contributed by atoms with Gasteiger partial charge in [-0.15, -0.1) is 0 Å².